The maximum atomic E-state index is 11.7. The van der Waals surface area contributed by atoms with Crippen LogP contribution >= 0.6 is 0 Å². The van der Waals surface area contributed by atoms with Crippen molar-refractivity contribution in [3.05, 3.63) is 22.7 Å². The fourth-order valence-electron chi connectivity index (χ4n) is 2.25. The first-order valence-electron chi connectivity index (χ1n) is 6.33. The van der Waals surface area contributed by atoms with E-state index in [9.17, 15) is 4.79 Å². The molecule has 1 fully saturated rings. The maximum absolute atomic E-state index is 11.7. The van der Waals surface area contributed by atoms with E-state index < -0.39 is 0 Å². The van der Waals surface area contributed by atoms with Crippen LogP contribution in [0.2, 0.25) is 0 Å². The third-order valence-electron chi connectivity index (χ3n) is 3.09. The zero-order valence-corrected chi connectivity index (χ0v) is 10.3. The highest BCUT2D eigenvalue weighted by Crippen LogP contribution is 2.14. The number of nitrogens with zero attached hydrogens (tertiary/aromatic N) is 2. The van der Waals surface area contributed by atoms with E-state index in [2.05, 4.69) is 27.1 Å². The molecule has 17 heavy (non-hydrogen) atoms. The molecular weight excluding hydrogens is 216 g/mol. The van der Waals surface area contributed by atoms with E-state index in [4.69, 9.17) is 0 Å². The van der Waals surface area contributed by atoms with Gasteiger partial charge in [0.1, 0.15) is 0 Å². The van der Waals surface area contributed by atoms with E-state index in [0.717, 1.165) is 32.5 Å². The quantitative estimate of drug-likeness (QED) is 0.809. The van der Waals surface area contributed by atoms with Gasteiger partial charge in [0.05, 0.1) is 0 Å². The molecule has 1 aliphatic heterocycles. The highest BCUT2D eigenvalue weighted by molar-refractivity contribution is 5.36. The second kappa shape index (κ2) is 5.82. The van der Waals surface area contributed by atoms with Crippen molar-refractivity contribution in [1.29, 1.82) is 0 Å². The van der Waals surface area contributed by atoms with Gasteiger partial charge in [-0.05, 0) is 25.8 Å². The first-order valence-corrected chi connectivity index (χ1v) is 6.33. The van der Waals surface area contributed by atoms with Crippen molar-refractivity contribution in [2.75, 3.05) is 24.5 Å². The summed E-state index contributed by atoms with van der Waals surface area (Å²) in [6.07, 6.45) is 6.64. The van der Waals surface area contributed by atoms with Gasteiger partial charge in [0.2, 0.25) is 0 Å². The van der Waals surface area contributed by atoms with Gasteiger partial charge in [0.15, 0.2) is 5.82 Å². The molecule has 5 nitrogen and oxygen atoms in total. The third-order valence-corrected chi connectivity index (χ3v) is 3.09. The Hall–Kier alpha value is -1.36. The number of aromatic nitrogens is 2. The summed E-state index contributed by atoms with van der Waals surface area (Å²) in [5.74, 6) is 0.551. The zero-order valence-electron chi connectivity index (χ0n) is 10.3. The number of piperidine rings is 1. The van der Waals surface area contributed by atoms with Gasteiger partial charge in [-0.3, -0.25) is 4.79 Å². The van der Waals surface area contributed by atoms with Crippen molar-refractivity contribution in [3.63, 3.8) is 0 Å². The van der Waals surface area contributed by atoms with Crippen LogP contribution in [0.15, 0.2) is 17.2 Å². The van der Waals surface area contributed by atoms with Gasteiger partial charge in [0, 0.05) is 31.5 Å². The largest absolute Gasteiger partial charge is 0.350 e. The molecule has 1 aliphatic rings. The Labute approximate surface area is 101 Å². The number of hydrogen-bond donors (Lipinski definition) is 2. The molecule has 1 saturated heterocycles. The first-order chi connectivity index (χ1) is 8.31. The molecule has 1 aromatic heterocycles. The van der Waals surface area contributed by atoms with E-state index in [0.29, 0.717) is 11.9 Å². The number of hydrogen-bond acceptors (Lipinski definition) is 4. The summed E-state index contributed by atoms with van der Waals surface area (Å²) < 4.78 is 0. The van der Waals surface area contributed by atoms with Crippen LogP contribution in [0.4, 0.5) is 5.82 Å². The SMILES string of the molecule is CCCNC1CCCN(c2ncc[nH]c2=O)C1. The van der Waals surface area contributed by atoms with Crippen molar-refractivity contribution in [1.82, 2.24) is 15.3 Å². The van der Waals surface area contributed by atoms with Crippen LogP contribution in [0.1, 0.15) is 26.2 Å². The summed E-state index contributed by atoms with van der Waals surface area (Å²) in [6, 6.07) is 0.477. The van der Waals surface area contributed by atoms with Crippen LogP contribution in [-0.2, 0) is 0 Å². The topological polar surface area (TPSA) is 61.0 Å². The number of nitrogens with one attached hydrogen (secondary N) is 2. The third kappa shape index (κ3) is 3.06. The predicted octanol–water partition coefficient (Wildman–Crippen LogP) is 0.738. The smallest absolute Gasteiger partial charge is 0.290 e. The Kier molecular flexibility index (Phi) is 4.14. The van der Waals surface area contributed by atoms with Crippen molar-refractivity contribution in [3.8, 4) is 0 Å². The Bertz CT molecular complexity index is 403. The predicted molar refractivity (Wildman–Crippen MR) is 68.4 cm³/mol. The summed E-state index contributed by atoms with van der Waals surface area (Å²) >= 11 is 0. The highest BCUT2D eigenvalue weighted by Gasteiger charge is 2.21. The minimum absolute atomic E-state index is 0.0939. The molecule has 2 heterocycles. The Morgan fingerprint density at radius 2 is 2.53 bits per heavy atom. The highest BCUT2D eigenvalue weighted by atomic mass is 16.1. The van der Waals surface area contributed by atoms with Crippen molar-refractivity contribution >= 4 is 5.82 Å². The number of rotatable bonds is 4. The second-order valence-corrected chi connectivity index (χ2v) is 4.48. The molecule has 0 radical (unpaired) electrons. The Morgan fingerprint density at radius 3 is 3.29 bits per heavy atom. The molecule has 0 bridgehead atoms. The normalized spacial score (nSPS) is 20.5. The van der Waals surface area contributed by atoms with Gasteiger partial charge >= 0.3 is 0 Å². The molecule has 5 heteroatoms. The van der Waals surface area contributed by atoms with Crippen LogP contribution in [0.5, 0.6) is 0 Å². The van der Waals surface area contributed by atoms with E-state index in [1.54, 1.807) is 12.4 Å². The maximum Gasteiger partial charge on any atom is 0.290 e. The van der Waals surface area contributed by atoms with Crippen LogP contribution in [0.25, 0.3) is 0 Å². The monoisotopic (exact) mass is 236 g/mol. The second-order valence-electron chi connectivity index (χ2n) is 4.48. The summed E-state index contributed by atoms with van der Waals surface area (Å²) in [5, 5.41) is 3.51. The van der Waals surface area contributed by atoms with Gasteiger partial charge in [-0.25, -0.2) is 4.98 Å². The van der Waals surface area contributed by atoms with Crippen LogP contribution in [0, 0.1) is 0 Å². The molecule has 1 unspecified atom stereocenters. The average molecular weight is 236 g/mol. The zero-order chi connectivity index (χ0) is 12.1. The lowest BCUT2D eigenvalue weighted by molar-refractivity contribution is 0.421. The van der Waals surface area contributed by atoms with E-state index in [1.165, 1.54) is 6.42 Å². The molecule has 0 aliphatic carbocycles. The lowest BCUT2D eigenvalue weighted by atomic mass is 10.1. The molecule has 1 atom stereocenters. The van der Waals surface area contributed by atoms with E-state index >= 15 is 0 Å². The molecule has 0 saturated carbocycles. The summed E-state index contributed by atoms with van der Waals surface area (Å²) in [5.41, 5.74) is -0.0939. The summed E-state index contributed by atoms with van der Waals surface area (Å²) in [7, 11) is 0. The molecule has 0 aromatic carbocycles. The fraction of sp³-hybridized carbons (Fsp3) is 0.667. The van der Waals surface area contributed by atoms with Gasteiger partial charge in [-0.1, -0.05) is 6.92 Å². The summed E-state index contributed by atoms with van der Waals surface area (Å²) in [6.45, 7) is 5.00. The number of aromatic amines is 1. The van der Waals surface area contributed by atoms with Gasteiger partial charge < -0.3 is 15.2 Å². The minimum Gasteiger partial charge on any atom is -0.350 e. The molecule has 0 spiro atoms. The van der Waals surface area contributed by atoms with Gasteiger partial charge in [0.25, 0.3) is 5.56 Å². The molecular formula is C12H20N4O. The van der Waals surface area contributed by atoms with Crippen LogP contribution in [-0.4, -0.2) is 35.6 Å². The van der Waals surface area contributed by atoms with Gasteiger partial charge in [-0.15, -0.1) is 0 Å². The Balaban J connectivity index is 2.02. The van der Waals surface area contributed by atoms with Gasteiger partial charge in [-0.2, -0.15) is 0 Å². The van der Waals surface area contributed by atoms with Crippen molar-refractivity contribution in [2.24, 2.45) is 0 Å². The molecule has 94 valence electrons. The van der Waals surface area contributed by atoms with Crippen LogP contribution < -0.4 is 15.8 Å². The minimum atomic E-state index is -0.0939. The standard InChI is InChI=1S/C12H20N4O/c1-2-5-13-10-4-3-8-16(9-10)11-12(17)15-7-6-14-11/h6-7,10,13H,2-5,8-9H2,1H3,(H,15,17). The van der Waals surface area contributed by atoms with Crippen LogP contribution in [0.3, 0.4) is 0 Å². The van der Waals surface area contributed by atoms with E-state index in [1.807, 2.05) is 0 Å². The average Bonchev–Trinajstić information content (AvgIpc) is 2.37. The molecule has 2 rings (SSSR count). The van der Waals surface area contributed by atoms with Crippen molar-refractivity contribution in [2.45, 2.75) is 32.2 Å². The Morgan fingerprint density at radius 1 is 1.65 bits per heavy atom. The molecule has 1 aromatic rings. The lowest BCUT2D eigenvalue weighted by Crippen LogP contribution is -2.47. The lowest BCUT2D eigenvalue weighted by Gasteiger charge is -2.33. The number of H-pyrrole nitrogens is 1. The molecule has 0 amide bonds. The fourth-order valence-corrected chi connectivity index (χ4v) is 2.25. The number of anilines is 1. The molecule has 2 N–H and O–H groups in total. The first kappa shape index (κ1) is 12.1. The van der Waals surface area contributed by atoms with Crippen molar-refractivity contribution < 1.29 is 0 Å². The van der Waals surface area contributed by atoms with E-state index in [-0.39, 0.29) is 5.56 Å². The summed E-state index contributed by atoms with van der Waals surface area (Å²) in [4.78, 5) is 20.6.